The molecule has 0 unspecified atom stereocenters. The van der Waals surface area contributed by atoms with E-state index in [1.165, 1.54) is 6.26 Å². The van der Waals surface area contributed by atoms with Gasteiger partial charge in [0.15, 0.2) is 9.84 Å². The second-order valence-electron chi connectivity index (χ2n) is 7.11. The first kappa shape index (κ1) is 21.2. The van der Waals surface area contributed by atoms with E-state index in [9.17, 15) is 8.42 Å². The molecule has 31 heavy (non-hydrogen) atoms. The molecular formula is C25H22O4S2. The fourth-order valence-corrected chi connectivity index (χ4v) is 5.16. The first-order chi connectivity index (χ1) is 14.9. The number of ether oxygens (including phenoxy) is 2. The second-order valence-corrected chi connectivity index (χ2v) is 10.2. The topological polar surface area (TPSA) is 52.6 Å². The van der Waals surface area contributed by atoms with Crippen molar-refractivity contribution < 1.29 is 17.9 Å². The van der Waals surface area contributed by atoms with Gasteiger partial charge >= 0.3 is 0 Å². The van der Waals surface area contributed by atoms with E-state index in [0.29, 0.717) is 4.90 Å². The zero-order valence-corrected chi connectivity index (χ0v) is 19.1. The van der Waals surface area contributed by atoms with Gasteiger partial charge in [0.05, 0.1) is 19.1 Å². The number of rotatable bonds is 6. The van der Waals surface area contributed by atoms with Crippen molar-refractivity contribution in [3.63, 3.8) is 0 Å². The van der Waals surface area contributed by atoms with Gasteiger partial charge in [0.25, 0.3) is 0 Å². The Kier molecular flexibility index (Phi) is 5.85. The smallest absolute Gasteiger partial charge is 0.175 e. The summed E-state index contributed by atoms with van der Waals surface area (Å²) in [6, 6.07) is 21.0. The van der Waals surface area contributed by atoms with E-state index in [1.807, 2.05) is 48.5 Å². The summed E-state index contributed by atoms with van der Waals surface area (Å²) >= 11 is 1.67. The molecule has 0 bridgehead atoms. The molecule has 4 aromatic rings. The maximum atomic E-state index is 11.8. The van der Waals surface area contributed by atoms with Crippen molar-refractivity contribution >= 4 is 43.4 Å². The lowest BCUT2D eigenvalue weighted by Crippen LogP contribution is -1.96. The highest BCUT2D eigenvalue weighted by Crippen LogP contribution is 2.41. The molecule has 3 aromatic carbocycles. The fourth-order valence-electron chi connectivity index (χ4n) is 3.35. The van der Waals surface area contributed by atoms with E-state index in [-0.39, 0.29) is 0 Å². The van der Waals surface area contributed by atoms with Crippen molar-refractivity contribution in [2.45, 2.75) is 4.90 Å². The standard InChI is InChI=1S/C25H22O4S2/c1-28-19-9-4-17(5-10-19)6-14-22-23-16-20(29-2)11-15-24(23)30-25(22)18-7-12-21(13-8-18)31(3,26)27/h4-16H,1-3H3/b14-6+. The highest BCUT2D eigenvalue weighted by atomic mass is 32.2. The molecule has 1 heterocycles. The van der Waals surface area contributed by atoms with Crippen LogP contribution in [0.5, 0.6) is 11.5 Å². The summed E-state index contributed by atoms with van der Waals surface area (Å²) in [5.74, 6) is 1.61. The second kappa shape index (κ2) is 8.57. The predicted molar refractivity (Wildman–Crippen MR) is 129 cm³/mol. The van der Waals surface area contributed by atoms with Gasteiger partial charge in [0.1, 0.15) is 11.5 Å². The van der Waals surface area contributed by atoms with Gasteiger partial charge in [-0.05, 0) is 53.6 Å². The van der Waals surface area contributed by atoms with Crippen LogP contribution in [0.2, 0.25) is 0 Å². The van der Waals surface area contributed by atoms with Crippen molar-refractivity contribution in [2.24, 2.45) is 0 Å². The van der Waals surface area contributed by atoms with E-state index in [1.54, 1.807) is 37.7 Å². The van der Waals surface area contributed by atoms with Crippen molar-refractivity contribution in [1.29, 1.82) is 0 Å². The molecule has 4 rings (SSSR count). The van der Waals surface area contributed by atoms with E-state index in [0.717, 1.165) is 43.2 Å². The van der Waals surface area contributed by atoms with Crippen LogP contribution in [0.15, 0.2) is 71.6 Å². The Morgan fingerprint density at radius 3 is 2.06 bits per heavy atom. The zero-order valence-electron chi connectivity index (χ0n) is 17.5. The summed E-state index contributed by atoms with van der Waals surface area (Å²) in [4.78, 5) is 1.39. The Morgan fingerprint density at radius 2 is 1.45 bits per heavy atom. The molecule has 0 aliphatic carbocycles. The minimum Gasteiger partial charge on any atom is -0.497 e. The van der Waals surface area contributed by atoms with Crippen molar-refractivity contribution in [3.05, 3.63) is 77.9 Å². The molecule has 0 radical (unpaired) electrons. The van der Waals surface area contributed by atoms with Gasteiger partial charge in [-0.1, -0.05) is 36.4 Å². The fraction of sp³-hybridized carbons (Fsp3) is 0.120. The van der Waals surface area contributed by atoms with Crippen molar-refractivity contribution in [3.8, 4) is 21.9 Å². The molecule has 158 valence electrons. The summed E-state index contributed by atoms with van der Waals surface area (Å²) in [6.07, 6.45) is 5.38. The largest absolute Gasteiger partial charge is 0.497 e. The van der Waals surface area contributed by atoms with Gasteiger partial charge in [0, 0.05) is 26.8 Å². The average Bonchev–Trinajstić information content (AvgIpc) is 3.15. The average molecular weight is 451 g/mol. The first-order valence-corrected chi connectivity index (χ1v) is 12.3. The predicted octanol–water partition coefficient (Wildman–Crippen LogP) is 6.16. The summed E-state index contributed by atoms with van der Waals surface area (Å²) in [7, 11) is 0.0729. The van der Waals surface area contributed by atoms with Gasteiger partial charge in [-0.15, -0.1) is 11.3 Å². The van der Waals surface area contributed by atoms with Gasteiger partial charge in [-0.3, -0.25) is 0 Å². The molecule has 0 saturated carbocycles. The Bertz CT molecular complexity index is 1350. The van der Waals surface area contributed by atoms with Crippen molar-refractivity contribution in [1.82, 2.24) is 0 Å². The number of sulfone groups is 1. The molecule has 4 nitrogen and oxygen atoms in total. The molecule has 0 saturated heterocycles. The Labute approximate surface area is 186 Å². The van der Waals surface area contributed by atoms with Crippen LogP contribution in [-0.4, -0.2) is 28.9 Å². The maximum absolute atomic E-state index is 11.8. The van der Waals surface area contributed by atoms with Crippen LogP contribution in [0.4, 0.5) is 0 Å². The third-order valence-corrected chi connectivity index (χ3v) is 7.40. The van der Waals surface area contributed by atoms with Crippen LogP contribution in [0, 0.1) is 0 Å². The SMILES string of the molecule is COc1ccc(/C=C/c2c(-c3ccc(S(C)(=O)=O)cc3)sc3ccc(OC)cc23)cc1. The van der Waals surface area contributed by atoms with E-state index in [4.69, 9.17) is 9.47 Å². The van der Waals surface area contributed by atoms with Gasteiger partial charge in [0.2, 0.25) is 0 Å². The van der Waals surface area contributed by atoms with Crippen LogP contribution in [0.3, 0.4) is 0 Å². The molecule has 0 atom stereocenters. The van der Waals surface area contributed by atoms with Crippen LogP contribution < -0.4 is 9.47 Å². The quantitative estimate of drug-likeness (QED) is 0.353. The Hall–Kier alpha value is -3.09. The molecule has 6 heteroatoms. The first-order valence-electron chi connectivity index (χ1n) is 9.62. The zero-order chi connectivity index (χ0) is 22.0. The number of hydrogen-bond acceptors (Lipinski definition) is 5. The van der Waals surface area contributed by atoms with Crippen LogP contribution in [-0.2, 0) is 9.84 Å². The van der Waals surface area contributed by atoms with Crippen LogP contribution in [0.25, 0.3) is 32.7 Å². The van der Waals surface area contributed by atoms with Crippen LogP contribution >= 0.6 is 11.3 Å². The molecule has 0 spiro atoms. The Morgan fingerprint density at radius 1 is 0.806 bits per heavy atom. The summed E-state index contributed by atoms with van der Waals surface area (Å²) in [6.45, 7) is 0. The van der Waals surface area contributed by atoms with Crippen molar-refractivity contribution in [2.75, 3.05) is 20.5 Å². The van der Waals surface area contributed by atoms with Gasteiger partial charge in [-0.25, -0.2) is 8.42 Å². The molecule has 0 amide bonds. The summed E-state index contributed by atoms with van der Waals surface area (Å²) in [5, 5.41) is 1.09. The van der Waals surface area contributed by atoms with Gasteiger partial charge in [-0.2, -0.15) is 0 Å². The summed E-state index contributed by atoms with van der Waals surface area (Å²) in [5.41, 5.74) is 3.10. The third-order valence-electron chi connectivity index (χ3n) is 5.04. The van der Waals surface area contributed by atoms with E-state index >= 15 is 0 Å². The maximum Gasteiger partial charge on any atom is 0.175 e. The molecule has 0 N–H and O–H groups in total. The minimum atomic E-state index is -3.23. The lowest BCUT2D eigenvalue weighted by molar-refractivity contribution is 0.415. The monoisotopic (exact) mass is 450 g/mol. The highest BCUT2D eigenvalue weighted by Gasteiger charge is 2.14. The normalized spacial score (nSPS) is 11.8. The summed E-state index contributed by atoms with van der Waals surface area (Å²) < 4.78 is 35.5. The molecule has 0 aliphatic heterocycles. The van der Waals surface area contributed by atoms with E-state index in [2.05, 4.69) is 18.2 Å². The number of fused-ring (bicyclic) bond motifs is 1. The number of hydrogen-bond donors (Lipinski definition) is 0. The number of benzene rings is 3. The lowest BCUT2D eigenvalue weighted by atomic mass is 10.0. The lowest BCUT2D eigenvalue weighted by Gasteiger charge is -2.04. The van der Waals surface area contributed by atoms with Gasteiger partial charge < -0.3 is 9.47 Å². The number of thiophene rings is 1. The van der Waals surface area contributed by atoms with Crippen LogP contribution in [0.1, 0.15) is 11.1 Å². The molecule has 0 fully saturated rings. The third kappa shape index (κ3) is 4.50. The highest BCUT2D eigenvalue weighted by molar-refractivity contribution is 7.90. The molecule has 0 aliphatic rings. The minimum absolute atomic E-state index is 0.314. The van der Waals surface area contributed by atoms with E-state index < -0.39 is 9.84 Å². The Balaban J connectivity index is 1.83. The molecule has 1 aromatic heterocycles. The molecular weight excluding hydrogens is 428 g/mol. The number of methoxy groups -OCH3 is 2.